The Morgan fingerprint density at radius 3 is 2.39 bits per heavy atom. The largest absolute Gasteiger partial charge is 0.481 e. The molecule has 5 nitrogen and oxygen atoms in total. The van der Waals surface area contributed by atoms with E-state index in [0.29, 0.717) is 22.6 Å². The quantitative estimate of drug-likeness (QED) is 0.860. The number of amides is 1. The minimum atomic E-state index is -0.745. The normalized spacial score (nSPS) is 11.2. The van der Waals surface area contributed by atoms with Crippen molar-refractivity contribution in [2.24, 2.45) is 0 Å². The Hall–Kier alpha value is -3.13. The second kappa shape index (κ2) is 7.23. The van der Waals surface area contributed by atoms with Crippen molar-refractivity contribution in [2.45, 2.75) is 20.0 Å². The number of ketones is 1. The SMILES string of the molecule is CC(=O)c1ccc(O[C@H](C)C(=O)Nc2ccccc2C#N)cc1. The zero-order valence-corrected chi connectivity index (χ0v) is 12.9. The molecule has 0 saturated carbocycles. The predicted molar refractivity (Wildman–Crippen MR) is 86.3 cm³/mol. The van der Waals surface area contributed by atoms with Crippen LogP contribution in [-0.2, 0) is 4.79 Å². The van der Waals surface area contributed by atoms with Crippen LogP contribution >= 0.6 is 0 Å². The fourth-order valence-corrected chi connectivity index (χ4v) is 1.95. The Morgan fingerprint density at radius 1 is 1.13 bits per heavy atom. The molecule has 0 unspecified atom stereocenters. The van der Waals surface area contributed by atoms with Gasteiger partial charge in [0, 0.05) is 5.56 Å². The highest BCUT2D eigenvalue weighted by molar-refractivity contribution is 5.95. The number of carbonyl (C=O) groups is 2. The first-order valence-electron chi connectivity index (χ1n) is 7.09. The maximum absolute atomic E-state index is 12.2. The van der Waals surface area contributed by atoms with Crippen molar-refractivity contribution >= 4 is 17.4 Å². The number of carbonyl (C=O) groups excluding carboxylic acids is 2. The van der Waals surface area contributed by atoms with Crippen LogP contribution in [0.1, 0.15) is 29.8 Å². The number of Topliss-reactive ketones (excluding diaryl/α,β-unsaturated/α-hetero) is 1. The van der Waals surface area contributed by atoms with Gasteiger partial charge in [-0.2, -0.15) is 5.26 Å². The summed E-state index contributed by atoms with van der Waals surface area (Å²) in [4.78, 5) is 23.4. The zero-order chi connectivity index (χ0) is 16.8. The molecule has 2 rings (SSSR count). The lowest BCUT2D eigenvalue weighted by molar-refractivity contribution is -0.122. The van der Waals surface area contributed by atoms with Crippen LogP contribution in [0.3, 0.4) is 0 Å². The van der Waals surface area contributed by atoms with Crippen molar-refractivity contribution in [3.8, 4) is 11.8 Å². The van der Waals surface area contributed by atoms with E-state index in [-0.39, 0.29) is 11.7 Å². The highest BCUT2D eigenvalue weighted by atomic mass is 16.5. The molecule has 1 atom stereocenters. The molecule has 0 aliphatic rings. The second-order valence-corrected chi connectivity index (χ2v) is 4.99. The van der Waals surface area contributed by atoms with Crippen molar-refractivity contribution in [3.63, 3.8) is 0 Å². The van der Waals surface area contributed by atoms with E-state index in [0.717, 1.165) is 0 Å². The van der Waals surface area contributed by atoms with E-state index in [1.807, 2.05) is 6.07 Å². The topological polar surface area (TPSA) is 79.2 Å². The number of anilines is 1. The number of nitriles is 1. The molecule has 0 bridgehead atoms. The molecule has 5 heteroatoms. The smallest absolute Gasteiger partial charge is 0.265 e. The van der Waals surface area contributed by atoms with Crippen LogP contribution in [0.4, 0.5) is 5.69 Å². The second-order valence-electron chi connectivity index (χ2n) is 4.99. The van der Waals surface area contributed by atoms with Gasteiger partial charge >= 0.3 is 0 Å². The van der Waals surface area contributed by atoms with E-state index in [9.17, 15) is 9.59 Å². The molecule has 2 aromatic rings. The van der Waals surface area contributed by atoms with Crippen LogP contribution in [0.25, 0.3) is 0 Å². The summed E-state index contributed by atoms with van der Waals surface area (Å²) in [6.45, 7) is 3.10. The monoisotopic (exact) mass is 308 g/mol. The molecule has 0 heterocycles. The van der Waals surface area contributed by atoms with Gasteiger partial charge in [-0.15, -0.1) is 0 Å². The highest BCUT2D eigenvalue weighted by Crippen LogP contribution is 2.17. The molecule has 0 aliphatic heterocycles. The van der Waals surface area contributed by atoms with Gasteiger partial charge in [0.1, 0.15) is 11.8 Å². The number of hydrogen-bond donors (Lipinski definition) is 1. The molecule has 0 spiro atoms. The first-order valence-corrected chi connectivity index (χ1v) is 7.09. The number of para-hydroxylation sites is 1. The Morgan fingerprint density at radius 2 is 1.78 bits per heavy atom. The third kappa shape index (κ3) is 4.17. The molecule has 0 aliphatic carbocycles. The van der Waals surface area contributed by atoms with Crippen molar-refractivity contribution in [2.75, 3.05) is 5.32 Å². The summed E-state index contributed by atoms with van der Waals surface area (Å²) in [5, 5.41) is 11.7. The van der Waals surface area contributed by atoms with E-state index >= 15 is 0 Å². The van der Waals surface area contributed by atoms with Crippen LogP contribution < -0.4 is 10.1 Å². The third-order valence-electron chi connectivity index (χ3n) is 3.25. The van der Waals surface area contributed by atoms with Gasteiger partial charge in [-0.25, -0.2) is 0 Å². The highest BCUT2D eigenvalue weighted by Gasteiger charge is 2.16. The summed E-state index contributed by atoms with van der Waals surface area (Å²) in [5.74, 6) is 0.102. The molecule has 1 N–H and O–H groups in total. The third-order valence-corrected chi connectivity index (χ3v) is 3.25. The van der Waals surface area contributed by atoms with Crippen LogP contribution in [0.2, 0.25) is 0 Å². The Bertz CT molecular complexity index is 761. The Balaban J connectivity index is 2.02. The average Bonchev–Trinajstić information content (AvgIpc) is 2.55. The molecular weight excluding hydrogens is 292 g/mol. The minimum absolute atomic E-state index is 0.0320. The summed E-state index contributed by atoms with van der Waals surface area (Å²) in [7, 11) is 0. The number of hydrogen-bond acceptors (Lipinski definition) is 4. The molecule has 2 aromatic carbocycles. The predicted octanol–water partition coefficient (Wildman–Crippen LogP) is 3.17. The van der Waals surface area contributed by atoms with E-state index in [1.54, 1.807) is 55.5 Å². The number of ether oxygens (including phenoxy) is 1. The summed E-state index contributed by atoms with van der Waals surface area (Å²) in [5.41, 5.74) is 1.42. The number of nitrogens with one attached hydrogen (secondary N) is 1. The van der Waals surface area contributed by atoms with Gasteiger partial charge in [0.25, 0.3) is 5.91 Å². The molecular formula is C18H16N2O3. The van der Waals surface area contributed by atoms with Crippen LogP contribution in [0.15, 0.2) is 48.5 Å². The van der Waals surface area contributed by atoms with Crippen molar-refractivity contribution < 1.29 is 14.3 Å². The summed E-state index contributed by atoms with van der Waals surface area (Å²) >= 11 is 0. The van der Waals surface area contributed by atoms with Gasteiger partial charge in [0.05, 0.1) is 11.3 Å². The molecule has 0 radical (unpaired) electrons. The van der Waals surface area contributed by atoms with Gasteiger partial charge in [0.2, 0.25) is 0 Å². The fourth-order valence-electron chi connectivity index (χ4n) is 1.95. The standard InChI is InChI=1S/C18H16N2O3/c1-12(21)14-7-9-16(10-8-14)23-13(2)18(22)20-17-6-4-3-5-15(17)11-19/h3-10,13H,1-2H3,(H,20,22)/t13-/m1/s1. The molecule has 1 amide bonds. The number of nitrogens with zero attached hydrogens (tertiary/aromatic N) is 1. The molecule has 0 fully saturated rings. The molecule has 23 heavy (non-hydrogen) atoms. The summed E-state index contributed by atoms with van der Waals surface area (Å²) in [6.07, 6.45) is -0.745. The van der Waals surface area contributed by atoms with Gasteiger partial charge in [-0.3, -0.25) is 9.59 Å². The van der Waals surface area contributed by atoms with E-state index in [1.165, 1.54) is 6.92 Å². The van der Waals surface area contributed by atoms with E-state index in [2.05, 4.69) is 5.32 Å². The van der Waals surface area contributed by atoms with E-state index in [4.69, 9.17) is 10.00 Å². The summed E-state index contributed by atoms with van der Waals surface area (Å²) in [6, 6.07) is 15.3. The van der Waals surface area contributed by atoms with Gasteiger partial charge in [0.15, 0.2) is 11.9 Å². The first-order chi connectivity index (χ1) is 11.0. The Labute approximate surface area is 134 Å². The van der Waals surface area contributed by atoms with Crippen LogP contribution in [0, 0.1) is 11.3 Å². The van der Waals surface area contributed by atoms with Gasteiger partial charge in [-0.1, -0.05) is 12.1 Å². The van der Waals surface area contributed by atoms with E-state index < -0.39 is 6.10 Å². The average molecular weight is 308 g/mol. The minimum Gasteiger partial charge on any atom is -0.481 e. The zero-order valence-electron chi connectivity index (χ0n) is 12.9. The maximum Gasteiger partial charge on any atom is 0.265 e. The lowest BCUT2D eigenvalue weighted by atomic mass is 10.1. The summed E-state index contributed by atoms with van der Waals surface area (Å²) < 4.78 is 5.55. The Kier molecular flexibility index (Phi) is 5.11. The molecule has 0 saturated heterocycles. The van der Waals surface area contributed by atoms with Gasteiger partial charge < -0.3 is 10.1 Å². The first kappa shape index (κ1) is 16.2. The lowest BCUT2D eigenvalue weighted by Crippen LogP contribution is -2.30. The van der Waals surface area contributed by atoms with Crippen molar-refractivity contribution in [3.05, 3.63) is 59.7 Å². The maximum atomic E-state index is 12.2. The van der Waals surface area contributed by atoms with Gasteiger partial charge in [-0.05, 0) is 50.2 Å². The van der Waals surface area contributed by atoms with Crippen molar-refractivity contribution in [1.29, 1.82) is 5.26 Å². The lowest BCUT2D eigenvalue weighted by Gasteiger charge is -2.15. The van der Waals surface area contributed by atoms with Crippen LogP contribution in [0.5, 0.6) is 5.75 Å². The number of benzene rings is 2. The van der Waals surface area contributed by atoms with Crippen molar-refractivity contribution in [1.82, 2.24) is 0 Å². The van der Waals surface area contributed by atoms with Crippen LogP contribution in [-0.4, -0.2) is 17.8 Å². The number of rotatable bonds is 5. The fraction of sp³-hybridized carbons (Fsp3) is 0.167. The molecule has 116 valence electrons. The molecule has 0 aromatic heterocycles.